The third kappa shape index (κ3) is 4.08. The molecule has 9 heteroatoms. The minimum atomic E-state index is -0.880. The van der Waals surface area contributed by atoms with Gasteiger partial charge in [0.25, 0.3) is 0 Å². The van der Waals surface area contributed by atoms with Crippen molar-refractivity contribution < 1.29 is 33.4 Å². The third-order valence-electron chi connectivity index (χ3n) is 4.52. The maximum absolute atomic E-state index is 12.4. The molecule has 0 spiro atoms. The van der Waals surface area contributed by atoms with E-state index in [0.717, 1.165) is 0 Å². The molecule has 144 valence electrons. The largest absolute Gasteiger partial charge is 0.468 e. The molecule has 27 heavy (non-hydrogen) atoms. The number of anilines is 1. The molecule has 1 N–H and O–H groups in total. The summed E-state index contributed by atoms with van der Waals surface area (Å²) < 4.78 is 15.2. The molecule has 2 aliphatic rings. The van der Waals surface area contributed by atoms with Crippen molar-refractivity contribution in [2.24, 2.45) is 5.92 Å². The van der Waals surface area contributed by atoms with Crippen molar-refractivity contribution in [2.75, 3.05) is 38.9 Å². The van der Waals surface area contributed by atoms with Gasteiger partial charge in [-0.1, -0.05) is 0 Å². The number of hydrogen-bond acceptors (Lipinski definition) is 8. The van der Waals surface area contributed by atoms with Crippen LogP contribution in [0.5, 0.6) is 11.5 Å². The molecule has 0 radical (unpaired) electrons. The number of fused-ring (bicyclic) bond motifs is 1. The van der Waals surface area contributed by atoms with Crippen LogP contribution in [-0.4, -0.2) is 61.9 Å². The van der Waals surface area contributed by atoms with Gasteiger partial charge >= 0.3 is 5.97 Å². The van der Waals surface area contributed by atoms with Crippen LogP contribution < -0.4 is 14.8 Å². The second-order valence-electron chi connectivity index (χ2n) is 6.38. The Hall–Kier alpha value is -2.94. The average Bonchev–Trinajstić information content (AvgIpc) is 3.09. The fraction of sp³-hybridized carbons (Fsp3) is 0.444. The van der Waals surface area contributed by atoms with Crippen LogP contribution in [0.25, 0.3) is 0 Å². The number of rotatable bonds is 5. The summed E-state index contributed by atoms with van der Waals surface area (Å²) in [7, 11) is 1.23. The first-order valence-electron chi connectivity index (χ1n) is 8.46. The van der Waals surface area contributed by atoms with E-state index in [2.05, 4.69) is 10.1 Å². The van der Waals surface area contributed by atoms with Crippen molar-refractivity contribution in [3.63, 3.8) is 0 Å². The summed E-state index contributed by atoms with van der Waals surface area (Å²) in [6.45, 7) is 1.93. The number of carbonyl (C=O) groups excluding carboxylic acids is 4. The number of nitrogens with one attached hydrogen (secondary N) is 1. The van der Waals surface area contributed by atoms with Gasteiger partial charge in [-0.05, 0) is 13.0 Å². The number of ether oxygens (including phenoxy) is 3. The zero-order valence-corrected chi connectivity index (χ0v) is 15.1. The number of benzene rings is 1. The van der Waals surface area contributed by atoms with E-state index in [-0.39, 0.29) is 43.8 Å². The number of piperidine rings is 1. The van der Waals surface area contributed by atoms with Crippen molar-refractivity contribution in [3.05, 3.63) is 17.7 Å². The number of esters is 1. The second kappa shape index (κ2) is 7.75. The lowest BCUT2D eigenvalue weighted by molar-refractivity contribution is -0.152. The Bertz CT molecular complexity index is 797. The van der Waals surface area contributed by atoms with E-state index in [0.29, 0.717) is 29.3 Å². The second-order valence-corrected chi connectivity index (χ2v) is 6.38. The Kier molecular flexibility index (Phi) is 5.41. The predicted octanol–water partition coefficient (Wildman–Crippen LogP) is 0.620. The van der Waals surface area contributed by atoms with E-state index in [1.165, 1.54) is 20.1 Å². The smallest absolute Gasteiger partial charge is 0.317 e. The van der Waals surface area contributed by atoms with Gasteiger partial charge in [-0.2, -0.15) is 0 Å². The summed E-state index contributed by atoms with van der Waals surface area (Å²) in [6.07, 6.45) is 0.176. The number of Topliss-reactive ketones (excluding diaryl/α,β-unsaturated/α-hetero) is 2. The van der Waals surface area contributed by atoms with E-state index in [9.17, 15) is 19.2 Å². The molecule has 1 atom stereocenters. The first-order chi connectivity index (χ1) is 12.9. The van der Waals surface area contributed by atoms with Gasteiger partial charge in [0, 0.05) is 31.1 Å². The van der Waals surface area contributed by atoms with Gasteiger partial charge in [0.2, 0.25) is 12.7 Å². The van der Waals surface area contributed by atoms with Crippen molar-refractivity contribution in [1.29, 1.82) is 0 Å². The van der Waals surface area contributed by atoms with Gasteiger partial charge in [-0.3, -0.25) is 24.1 Å². The molecule has 0 aromatic heterocycles. The molecule has 3 rings (SSSR count). The van der Waals surface area contributed by atoms with Gasteiger partial charge < -0.3 is 19.5 Å². The van der Waals surface area contributed by atoms with E-state index in [4.69, 9.17) is 9.47 Å². The maximum Gasteiger partial charge on any atom is 0.317 e. The Labute approximate surface area is 155 Å². The standard InChI is InChI=1S/C18H20N2O7/c1-10(21)11-5-15-16(27-9-26-15)6-13(11)19-17(23)8-20-4-3-14(22)12(7-20)18(24)25-2/h5-6,12H,3-4,7-9H2,1-2H3,(H,19,23). The average molecular weight is 376 g/mol. The number of amides is 1. The first-order valence-corrected chi connectivity index (χ1v) is 8.46. The highest BCUT2D eigenvalue weighted by Crippen LogP contribution is 2.37. The number of methoxy groups -OCH3 is 1. The summed E-state index contributed by atoms with van der Waals surface area (Å²) in [5.74, 6) is -1.35. The summed E-state index contributed by atoms with van der Waals surface area (Å²) in [5, 5.41) is 2.70. The Morgan fingerprint density at radius 2 is 1.96 bits per heavy atom. The summed E-state index contributed by atoms with van der Waals surface area (Å²) in [6, 6.07) is 3.08. The first kappa shape index (κ1) is 18.8. The fourth-order valence-electron chi connectivity index (χ4n) is 3.12. The van der Waals surface area contributed by atoms with Crippen molar-refractivity contribution in [3.8, 4) is 11.5 Å². The minimum absolute atomic E-state index is 0.0213. The molecule has 1 aromatic rings. The van der Waals surface area contributed by atoms with Crippen LogP contribution >= 0.6 is 0 Å². The van der Waals surface area contributed by atoms with Crippen molar-refractivity contribution >= 4 is 29.1 Å². The molecular formula is C18H20N2O7. The lowest BCUT2D eigenvalue weighted by atomic mass is 9.96. The molecular weight excluding hydrogens is 356 g/mol. The highest BCUT2D eigenvalue weighted by Gasteiger charge is 2.34. The number of likely N-dealkylation sites (tertiary alicyclic amines) is 1. The van der Waals surface area contributed by atoms with Crippen LogP contribution in [0.1, 0.15) is 23.7 Å². The van der Waals surface area contributed by atoms with Crippen molar-refractivity contribution in [2.45, 2.75) is 13.3 Å². The monoisotopic (exact) mass is 376 g/mol. The molecule has 0 aliphatic carbocycles. The molecule has 1 aromatic carbocycles. The normalized spacial score (nSPS) is 18.9. The van der Waals surface area contributed by atoms with E-state index in [1.807, 2.05) is 0 Å². The van der Waals surface area contributed by atoms with Crippen LogP contribution in [0.4, 0.5) is 5.69 Å². The van der Waals surface area contributed by atoms with Gasteiger partial charge in [0.1, 0.15) is 11.7 Å². The number of hydrogen-bond donors (Lipinski definition) is 1. The lowest BCUT2D eigenvalue weighted by Gasteiger charge is -2.29. The van der Waals surface area contributed by atoms with Crippen LogP contribution in [0.15, 0.2) is 12.1 Å². The van der Waals surface area contributed by atoms with Crippen molar-refractivity contribution in [1.82, 2.24) is 4.90 Å². The third-order valence-corrected chi connectivity index (χ3v) is 4.52. The van der Waals surface area contributed by atoms with Crippen LogP contribution in [0.2, 0.25) is 0 Å². The van der Waals surface area contributed by atoms with Crippen LogP contribution in [0.3, 0.4) is 0 Å². The topological polar surface area (TPSA) is 111 Å². The van der Waals surface area contributed by atoms with Crippen LogP contribution in [-0.2, 0) is 19.1 Å². The molecule has 2 aliphatic heterocycles. The van der Waals surface area contributed by atoms with E-state index in [1.54, 1.807) is 11.0 Å². The van der Waals surface area contributed by atoms with Gasteiger partial charge in [-0.25, -0.2) is 0 Å². The highest BCUT2D eigenvalue weighted by atomic mass is 16.7. The minimum Gasteiger partial charge on any atom is -0.468 e. The molecule has 1 amide bonds. The molecule has 1 unspecified atom stereocenters. The zero-order chi connectivity index (χ0) is 19.6. The number of carbonyl (C=O) groups is 4. The Morgan fingerprint density at radius 3 is 2.63 bits per heavy atom. The highest BCUT2D eigenvalue weighted by molar-refractivity contribution is 6.05. The fourth-order valence-corrected chi connectivity index (χ4v) is 3.12. The van der Waals surface area contributed by atoms with Gasteiger partial charge in [-0.15, -0.1) is 0 Å². The summed E-state index contributed by atoms with van der Waals surface area (Å²) in [4.78, 5) is 49.6. The van der Waals surface area contributed by atoms with E-state index >= 15 is 0 Å². The summed E-state index contributed by atoms with van der Waals surface area (Å²) >= 11 is 0. The number of ketones is 2. The van der Waals surface area contributed by atoms with Gasteiger partial charge in [0.05, 0.1) is 19.3 Å². The Balaban J connectivity index is 1.68. The quantitative estimate of drug-likeness (QED) is 0.452. The number of nitrogens with zero attached hydrogens (tertiary/aromatic N) is 1. The van der Waals surface area contributed by atoms with Gasteiger partial charge in [0.15, 0.2) is 17.3 Å². The molecule has 1 saturated heterocycles. The van der Waals surface area contributed by atoms with Crippen LogP contribution in [0, 0.1) is 5.92 Å². The molecule has 0 saturated carbocycles. The molecule has 9 nitrogen and oxygen atoms in total. The SMILES string of the molecule is COC(=O)C1CN(CC(=O)Nc2cc3c(cc2C(C)=O)OCO3)CCC1=O. The summed E-state index contributed by atoms with van der Waals surface area (Å²) in [5.41, 5.74) is 0.642. The molecule has 0 bridgehead atoms. The maximum atomic E-state index is 12.4. The molecule has 1 fully saturated rings. The lowest BCUT2D eigenvalue weighted by Crippen LogP contribution is -2.47. The zero-order valence-electron chi connectivity index (χ0n) is 15.1. The van der Waals surface area contributed by atoms with E-state index < -0.39 is 11.9 Å². The predicted molar refractivity (Wildman–Crippen MR) is 92.8 cm³/mol. The molecule has 2 heterocycles. The Morgan fingerprint density at radius 1 is 1.26 bits per heavy atom.